The van der Waals surface area contributed by atoms with Gasteiger partial charge in [0.2, 0.25) is 5.91 Å². The first-order valence-corrected chi connectivity index (χ1v) is 7.99. The number of hydrogen-bond donors (Lipinski definition) is 0. The molecule has 0 unspecified atom stereocenters. The van der Waals surface area contributed by atoms with Crippen LogP contribution in [0.2, 0.25) is 0 Å². The molecule has 0 spiro atoms. The molecule has 0 aliphatic carbocycles. The van der Waals surface area contributed by atoms with E-state index in [0.29, 0.717) is 18.5 Å². The molecule has 0 saturated carbocycles. The fourth-order valence-electron chi connectivity index (χ4n) is 3.45. The zero-order valence-corrected chi connectivity index (χ0v) is 13.6. The average molecular weight is 322 g/mol. The fraction of sp³-hybridized carbons (Fsp3) is 0.278. The first-order valence-electron chi connectivity index (χ1n) is 7.99. The molecule has 1 aromatic carbocycles. The van der Waals surface area contributed by atoms with E-state index in [0.717, 1.165) is 17.0 Å². The molecule has 24 heavy (non-hydrogen) atoms. The molecule has 4 rings (SSSR count). The van der Waals surface area contributed by atoms with Crippen LogP contribution in [0.1, 0.15) is 34.2 Å². The number of carbonyl (C=O) groups is 2. The Bertz CT molecular complexity index is 853. The summed E-state index contributed by atoms with van der Waals surface area (Å²) >= 11 is 0. The van der Waals surface area contributed by atoms with Crippen molar-refractivity contribution >= 4 is 11.8 Å². The van der Waals surface area contributed by atoms with Crippen molar-refractivity contribution in [2.24, 2.45) is 0 Å². The normalized spacial score (nSPS) is 20.4. The molecule has 2 aromatic rings. The van der Waals surface area contributed by atoms with Gasteiger partial charge in [-0.2, -0.15) is 5.10 Å². The summed E-state index contributed by atoms with van der Waals surface area (Å²) in [5.41, 5.74) is 3.16. The van der Waals surface area contributed by atoms with Crippen LogP contribution in [0.15, 0.2) is 48.2 Å². The fourth-order valence-corrected chi connectivity index (χ4v) is 3.45. The molecule has 2 aliphatic heterocycles. The van der Waals surface area contributed by atoms with Crippen molar-refractivity contribution in [1.82, 2.24) is 19.8 Å². The summed E-state index contributed by atoms with van der Waals surface area (Å²) in [6.07, 6.45) is 2.15. The minimum atomic E-state index is -0.256. The van der Waals surface area contributed by atoms with Gasteiger partial charge in [-0.25, -0.2) is 14.7 Å². The minimum absolute atomic E-state index is 0.0205. The molecule has 122 valence electrons. The Morgan fingerprint density at radius 1 is 1.21 bits per heavy atom. The van der Waals surface area contributed by atoms with E-state index in [1.54, 1.807) is 11.2 Å². The van der Waals surface area contributed by atoms with Crippen LogP contribution in [0.5, 0.6) is 0 Å². The molecular weight excluding hydrogens is 304 g/mol. The largest absolute Gasteiger partial charge is 0.277 e. The highest BCUT2D eigenvalue weighted by Crippen LogP contribution is 2.39. The number of fused-ring (bicyclic) bond motifs is 1. The molecule has 3 heterocycles. The average Bonchev–Trinajstić information content (AvgIpc) is 3.22. The number of carbonyl (C=O) groups excluding carboxylic acids is 2. The smallest absolute Gasteiger partial charge is 0.273 e. The van der Waals surface area contributed by atoms with Crippen LogP contribution in [0, 0.1) is 13.8 Å². The van der Waals surface area contributed by atoms with E-state index in [2.05, 4.69) is 5.10 Å². The zero-order valence-electron chi connectivity index (χ0n) is 13.6. The summed E-state index contributed by atoms with van der Waals surface area (Å²) in [6.45, 7) is 4.33. The van der Waals surface area contributed by atoms with E-state index in [4.69, 9.17) is 0 Å². The molecule has 1 aromatic heterocycles. The van der Waals surface area contributed by atoms with E-state index < -0.39 is 0 Å². The zero-order chi connectivity index (χ0) is 16.8. The van der Waals surface area contributed by atoms with Crippen molar-refractivity contribution in [2.75, 3.05) is 6.54 Å². The SMILES string of the molecule is Cc1cc(C)n(C(=O)C2=CN3C(=O)CCN3[C@@H]2c2ccccc2)n1. The molecule has 1 atom stereocenters. The van der Waals surface area contributed by atoms with Crippen LogP contribution in [0.25, 0.3) is 0 Å². The van der Waals surface area contributed by atoms with E-state index >= 15 is 0 Å². The first-order chi connectivity index (χ1) is 11.6. The molecule has 6 heteroatoms. The van der Waals surface area contributed by atoms with Gasteiger partial charge in [0, 0.05) is 24.9 Å². The van der Waals surface area contributed by atoms with Crippen LogP contribution in [0.3, 0.4) is 0 Å². The van der Waals surface area contributed by atoms with E-state index in [1.165, 1.54) is 4.68 Å². The second kappa shape index (κ2) is 5.42. The summed E-state index contributed by atoms with van der Waals surface area (Å²) in [7, 11) is 0. The monoisotopic (exact) mass is 322 g/mol. The maximum Gasteiger partial charge on any atom is 0.277 e. The number of benzene rings is 1. The summed E-state index contributed by atoms with van der Waals surface area (Å²) in [5.74, 6) is -0.163. The van der Waals surface area contributed by atoms with Crippen molar-refractivity contribution in [2.45, 2.75) is 26.3 Å². The van der Waals surface area contributed by atoms with Gasteiger partial charge in [-0.05, 0) is 25.5 Å². The third-order valence-corrected chi connectivity index (χ3v) is 4.51. The van der Waals surface area contributed by atoms with Crippen LogP contribution in [-0.4, -0.2) is 38.2 Å². The molecule has 1 amide bonds. The van der Waals surface area contributed by atoms with Crippen molar-refractivity contribution in [1.29, 1.82) is 0 Å². The van der Waals surface area contributed by atoms with Crippen LogP contribution in [0.4, 0.5) is 0 Å². The van der Waals surface area contributed by atoms with Crippen molar-refractivity contribution in [3.8, 4) is 0 Å². The lowest BCUT2D eigenvalue weighted by molar-refractivity contribution is -0.132. The Labute approximate surface area is 139 Å². The van der Waals surface area contributed by atoms with Crippen molar-refractivity contribution < 1.29 is 9.59 Å². The molecule has 1 saturated heterocycles. The Balaban J connectivity index is 1.79. The van der Waals surface area contributed by atoms with Gasteiger partial charge in [0.1, 0.15) is 0 Å². The number of hydrazine groups is 1. The van der Waals surface area contributed by atoms with Crippen molar-refractivity contribution in [3.63, 3.8) is 0 Å². The minimum Gasteiger partial charge on any atom is -0.273 e. The molecule has 0 N–H and O–H groups in total. The van der Waals surface area contributed by atoms with E-state index in [-0.39, 0.29) is 17.9 Å². The predicted octanol–water partition coefficient (Wildman–Crippen LogP) is 2.23. The maximum atomic E-state index is 13.1. The Hall–Kier alpha value is -2.73. The number of aryl methyl sites for hydroxylation is 2. The van der Waals surface area contributed by atoms with Crippen LogP contribution in [-0.2, 0) is 4.79 Å². The highest BCUT2D eigenvalue weighted by Gasteiger charge is 2.44. The molecule has 2 aliphatic rings. The highest BCUT2D eigenvalue weighted by atomic mass is 16.2. The maximum absolute atomic E-state index is 13.1. The van der Waals surface area contributed by atoms with Gasteiger partial charge in [-0.1, -0.05) is 30.3 Å². The lowest BCUT2D eigenvalue weighted by atomic mass is 9.99. The van der Waals surface area contributed by atoms with Gasteiger partial charge in [-0.3, -0.25) is 9.59 Å². The first kappa shape index (κ1) is 14.8. The second-order valence-corrected chi connectivity index (χ2v) is 6.19. The van der Waals surface area contributed by atoms with Crippen LogP contribution >= 0.6 is 0 Å². The molecule has 0 bridgehead atoms. The van der Waals surface area contributed by atoms with Gasteiger partial charge in [0.05, 0.1) is 17.3 Å². The Kier molecular flexibility index (Phi) is 3.35. The van der Waals surface area contributed by atoms with Gasteiger partial charge >= 0.3 is 0 Å². The Morgan fingerprint density at radius 2 is 1.96 bits per heavy atom. The summed E-state index contributed by atoms with van der Waals surface area (Å²) in [5, 5.41) is 7.84. The van der Waals surface area contributed by atoms with E-state index in [9.17, 15) is 9.59 Å². The Morgan fingerprint density at radius 3 is 2.62 bits per heavy atom. The summed E-state index contributed by atoms with van der Waals surface area (Å²) < 4.78 is 1.42. The van der Waals surface area contributed by atoms with Gasteiger partial charge < -0.3 is 0 Å². The quantitative estimate of drug-likeness (QED) is 0.851. The highest BCUT2D eigenvalue weighted by molar-refractivity contribution is 5.98. The van der Waals surface area contributed by atoms with Gasteiger partial charge in [-0.15, -0.1) is 0 Å². The second-order valence-electron chi connectivity index (χ2n) is 6.19. The number of aromatic nitrogens is 2. The van der Waals surface area contributed by atoms with Crippen molar-refractivity contribution in [3.05, 3.63) is 65.1 Å². The number of amides is 1. The van der Waals surface area contributed by atoms with Gasteiger partial charge in [0.15, 0.2) is 0 Å². The molecule has 0 radical (unpaired) electrons. The molecule has 1 fully saturated rings. The summed E-state index contributed by atoms with van der Waals surface area (Å²) in [6, 6.07) is 11.4. The number of nitrogens with zero attached hydrogens (tertiary/aromatic N) is 4. The number of rotatable bonds is 2. The topological polar surface area (TPSA) is 58.4 Å². The molecule has 6 nitrogen and oxygen atoms in total. The van der Waals surface area contributed by atoms with Gasteiger partial charge in [0.25, 0.3) is 5.91 Å². The third-order valence-electron chi connectivity index (χ3n) is 4.51. The predicted molar refractivity (Wildman–Crippen MR) is 87.8 cm³/mol. The number of hydrogen-bond acceptors (Lipinski definition) is 4. The van der Waals surface area contributed by atoms with Crippen LogP contribution < -0.4 is 0 Å². The molecular formula is C18H18N4O2. The lowest BCUT2D eigenvalue weighted by Gasteiger charge is -2.26. The standard InChI is InChI=1S/C18H18N4O2/c1-12-10-13(2)22(19-12)18(24)15-11-21-16(23)8-9-20(21)17(15)14-6-4-3-5-7-14/h3-7,10-11,17H,8-9H2,1-2H3/t17-/m1/s1. The third kappa shape index (κ3) is 2.18. The lowest BCUT2D eigenvalue weighted by Crippen LogP contribution is -2.33. The van der Waals surface area contributed by atoms with E-state index in [1.807, 2.05) is 55.3 Å². The summed E-state index contributed by atoms with van der Waals surface area (Å²) in [4.78, 5) is 25.2.